The van der Waals surface area contributed by atoms with Gasteiger partial charge in [-0.05, 0) is 36.8 Å². The molecule has 0 saturated carbocycles. The molecule has 0 radical (unpaired) electrons. The van der Waals surface area contributed by atoms with E-state index in [1.54, 1.807) is 31.2 Å². The number of para-hydroxylation sites is 1. The molecule has 0 aliphatic carbocycles. The third-order valence-corrected chi connectivity index (χ3v) is 3.82. The second-order valence-electron chi connectivity index (χ2n) is 5.77. The Morgan fingerprint density at radius 2 is 1.85 bits per heavy atom. The lowest BCUT2D eigenvalue weighted by atomic mass is 10.1. The van der Waals surface area contributed by atoms with Crippen molar-refractivity contribution < 1.29 is 14.3 Å². The molecule has 3 aromatic rings. The third kappa shape index (κ3) is 4.35. The number of carbonyl (C=O) groups is 2. The molecule has 1 aromatic heterocycles. The van der Waals surface area contributed by atoms with E-state index in [9.17, 15) is 9.59 Å². The van der Waals surface area contributed by atoms with Crippen molar-refractivity contribution in [3.05, 3.63) is 59.7 Å². The smallest absolute Gasteiger partial charge is 0.340 e. The molecule has 0 fully saturated rings. The Kier molecular flexibility index (Phi) is 5.55. The van der Waals surface area contributed by atoms with Gasteiger partial charge in [-0.15, -0.1) is 10.2 Å². The van der Waals surface area contributed by atoms with Gasteiger partial charge in [0.15, 0.2) is 0 Å². The highest BCUT2D eigenvalue weighted by Crippen LogP contribution is 2.18. The van der Waals surface area contributed by atoms with Crippen LogP contribution in [0, 0.1) is 6.92 Å². The molecule has 0 spiro atoms. The van der Waals surface area contributed by atoms with Crippen molar-refractivity contribution in [2.45, 2.75) is 20.4 Å². The molecule has 8 heteroatoms. The number of carbonyl (C=O) groups excluding carboxylic acids is 2. The van der Waals surface area contributed by atoms with Crippen LogP contribution >= 0.6 is 0 Å². The molecule has 2 aromatic carbocycles. The Hall–Kier alpha value is -3.55. The summed E-state index contributed by atoms with van der Waals surface area (Å²) in [5, 5.41) is 14.9. The van der Waals surface area contributed by atoms with E-state index in [0.29, 0.717) is 17.1 Å². The third-order valence-electron chi connectivity index (χ3n) is 3.82. The molecule has 1 heterocycles. The van der Waals surface area contributed by atoms with Gasteiger partial charge in [0.1, 0.15) is 6.54 Å². The Bertz CT molecular complexity index is 967. The fourth-order valence-electron chi connectivity index (χ4n) is 2.54. The number of rotatable bonds is 6. The van der Waals surface area contributed by atoms with E-state index in [4.69, 9.17) is 4.74 Å². The van der Waals surface area contributed by atoms with Crippen LogP contribution in [0.1, 0.15) is 22.8 Å². The highest BCUT2D eigenvalue weighted by molar-refractivity contribution is 6.01. The second-order valence-corrected chi connectivity index (χ2v) is 5.77. The molecular weight excluding hydrogens is 346 g/mol. The van der Waals surface area contributed by atoms with Crippen LogP contribution in [-0.4, -0.2) is 38.7 Å². The molecule has 0 aliphatic rings. The van der Waals surface area contributed by atoms with E-state index in [1.807, 2.05) is 31.2 Å². The molecule has 27 heavy (non-hydrogen) atoms. The van der Waals surface area contributed by atoms with E-state index in [-0.39, 0.29) is 19.1 Å². The molecule has 8 nitrogen and oxygen atoms in total. The predicted octanol–water partition coefficient (Wildman–Crippen LogP) is 2.46. The number of benzene rings is 2. The molecule has 0 unspecified atom stereocenters. The number of ether oxygens (including phenoxy) is 1. The van der Waals surface area contributed by atoms with Crippen LogP contribution in [0.4, 0.5) is 5.69 Å². The number of hydrogen-bond donors (Lipinski definition) is 1. The number of nitrogens with one attached hydrogen (secondary N) is 1. The summed E-state index contributed by atoms with van der Waals surface area (Å²) in [5.74, 6) is -0.414. The van der Waals surface area contributed by atoms with Gasteiger partial charge in [-0.2, -0.15) is 4.80 Å². The van der Waals surface area contributed by atoms with Gasteiger partial charge >= 0.3 is 5.97 Å². The van der Waals surface area contributed by atoms with E-state index >= 15 is 0 Å². The normalized spacial score (nSPS) is 10.4. The van der Waals surface area contributed by atoms with Crippen LogP contribution in [0.25, 0.3) is 11.4 Å². The van der Waals surface area contributed by atoms with Crippen molar-refractivity contribution in [1.82, 2.24) is 20.2 Å². The molecule has 0 saturated heterocycles. The summed E-state index contributed by atoms with van der Waals surface area (Å²) in [6.45, 7) is 3.80. The lowest BCUT2D eigenvalue weighted by molar-refractivity contribution is -0.117. The average molecular weight is 365 g/mol. The van der Waals surface area contributed by atoms with Crippen molar-refractivity contribution in [1.29, 1.82) is 0 Å². The summed E-state index contributed by atoms with van der Waals surface area (Å²) in [7, 11) is 0. The number of aryl methyl sites for hydroxylation is 1. The molecule has 0 atom stereocenters. The topological polar surface area (TPSA) is 99.0 Å². The zero-order chi connectivity index (χ0) is 19.2. The minimum absolute atomic E-state index is 0.129. The van der Waals surface area contributed by atoms with Crippen molar-refractivity contribution in [3.8, 4) is 11.4 Å². The van der Waals surface area contributed by atoms with Crippen molar-refractivity contribution in [3.63, 3.8) is 0 Å². The van der Waals surface area contributed by atoms with Crippen LogP contribution in [0.3, 0.4) is 0 Å². The van der Waals surface area contributed by atoms with Crippen molar-refractivity contribution >= 4 is 17.6 Å². The first-order valence-electron chi connectivity index (χ1n) is 8.48. The van der Waals surface area contributed by atoms with Crippen molar-refractivity contribution in [2.75, 3.05) is 11.9 Å². The first-order valence-corrected chi connectivity index (χ1v) is 8.48. The summed E-state index contributed by atoms with van der Waals surface area (Å²) < 4.78 is 5.00. The summed E-state index contributed by atoms with van der Waals surface area (Å²) >= 11 is 0. The van der Waals surface area contributed by atoms with E-state index < -0.39 is 5.97 Å². The maximum Gasteiger partial charge on any atom is 0.340 e. The van der Waals surface area contributed by atoms with Crippen LogP contribution < -0.4 is 5.32 Å². The number of aromatic nitrogens is 4. The van der Waals surface area contributed by atoms with E-state index in [2.05, 4.69) is 20.7 Å². The minimum Gasteiger partial charge on any atom is -0.462 e. The first-order chi connectivity index (χ1) is 13.1. The zero-order valence-corrected chi connectivity index (χ0v) is 15.0. The summed E-state index contributed by atoms with van der Waals surface area (Å²) in [6, 6.07) is 14.3. The number of nitrogens with zero attached hydrogens (tertiary/aromatic N) is 4. The van der Waals surface area contributed by atoms with Crippen molar-refractivity contribution in [2.24, 2.45) is 0 Å². The van der Waals surface area contributed by atoms with Gasteiger partial charge in [-0.25, -0.2) is 4.79 Å². The minimum atomic E-state index is -0.492. The molecule has 0 bridgehead atoms. The van der Waals surface area contributed by atoms with Crippen LogP contribution in [0.15, 0.2) is 48.5 Å². The monoisotopic (exact) mass is 365 g/mol. The van der Waals surface area contributed by atoms with Gasteiger partial charge in [-0.3, -0.25) is 4.79 Å². The molecule has 3 rings (SSSR count). The second kappa shape index (κ2) is 8.22. The average Bonchev–Trinajstić information content (AvgIpc) is 3.10. The lowest BCUT2D eigenvalue weighted by Crippen LogP contribution is -2.22. The fourth-order valence-corrected chi connectivity index (χ4v) is 2.54. The summed E-state index contributed by atoms with van der Waals surface area (Å²) in [4.78, 5) is 25.5. The van der Waals surface area contributed by atoms with Gasteiger partial charge in [-0.1, -0.05) is 36.4 Å². The highest BCUT2D eigenvalue weighted by atomic mass is 16.5. The van der Waals surface area contributed by atoms with Gasteiger partial charge in [0.05, 0.1) is 17.9 Å². The Labute approximate surface area is 156 Å². The fraction of sp³-hybridized carbons (Fsp3) is 0.211. The molecular formula is C19H19N5O3. The SMILES string of the molecule is CCOC(=O)c1ccccc1NC(=O)Cn1nnc(-c2ccccc2C)n1. The highest BCUT2D eigenvalue weighted by Gasteiger charge is 2.15. The number of anilines is 1. The van der Waals surface area contributed by atoms with Gasteiger partial charge in [0, 0.05) is 5.56 Å². The molecule has 1 amide bonds. The number of tetrazole rings is 1. The Morgan fingerprint density at radius 3 is 2.63 bits per heavy atom. The van der Waals surface area contributed by atoms with Gasteiger partial charge in [0.25, 0.3) is 0 Å². The Morgan fingerprint density at radius 1 is 1.11 bits per heavy atom. The molecule has 138 valence electrons. The standard InChI is InChI=1S/C19H19N5O3/c1-3-27-19(26)15-10-6-7-11-16(15)20-17(25)12-24-22-18(21-23-24)14-9-5-4-8-13(14)2/h4-11H,3,12H2,1-2H3,(H,20,25). The van der Waals surface area contributed by atoms with Gasteiger partial charge < -0.3 is 10.1 Å². The van der Waals surface area contributed by atoms with E-state index in [1.165, 1.54) is 4.80 Å². The van der Waals surface area contributed by atoms with Crippen LogP contribution in [-0.2, 0) is 16.1 Å². The zero-order valence-electron chi connectivity index (χ0n) is 15.0. The van der Waals surface area contributed by atoms with Gasteiger partial charge in [0.2, 0.25) is 11.7 Å². The summed E-state index contributed by atoms with van der Waals surface area (Å²) in [6.07, 6.45) is 0. The first kappa shape index (κ1) is 18.2. The quantitative estimate of drug-likeness (QED) is 0.674. The number of esters is 1. The number of amides is 1. The molecule has 1 N–H and O–H groups in total. The van der Waals surface area contributed by atoms with E-state index in [0.717, 1.165) is 11.1 Å². The molecule has 0 aliphatic heterocycles. The summed E-state index contributed by atoms with van der Waals surface area (Å²) in [5.41, 5.74) is 2.54. The Balaban J connectivity index is 1.71. The maximum atomic E-state index is 12.3. The van der Waals surface area contributed by atoms with Crippen LogP contribution in [0.5, 0.6) is 0 Å². The number of hydrogen-bond acceptors (Lipinski definition) is 6. The predicted molar refractivity (Wildman–Crippen MR) is 99.0 cm³/mol. The lowest BCUT2D eigenvalue weighted by Gasteiger charge is -2.09. The maximum absolute atomic E-state index is 12.3. The van der Waals surface area contributed by atoms with Crippen LogP contribution in [0.2, 0.25) is 0 Å². The largest absolute Gasteiger partial charge is 0.462 e.